The van der Waals surface area contributed by atoms with Crippen molar-refractivity contribution in [2.24, 2.45) is 5.73 Å². The number of carbonyl (C=O) groups is 2. The van der Waals surface area contributed by atoms with Crippen LogP contribution in [0, 0.1) is 6.92 Å². The molecule has 134 valence electrons. The van der Waals surface area contributed by atoms with Gasteiger partial charge in [-0.2, -0.15) is 0 Å². The number of amides is 2. The van der Waals surface area contributed by atoms with Crippen LogP contribution in [0.3, 0.4) is 0 Å². The highest BCUT2D eigenvalue weighted by atomic mass is 16.2. The molecule has 0 bridgehead atoms. The van der Waals surface area contributed by atoms with E-state index in [2.05, 4.69) is 20.6 Å². The molecule has 4 rings (SSSR count). The molecule has 1 fully saturated rings. The number of nitrogens with two attached hydrogens (primary N) is 1. The van der Waals surface area contributed by atoms with E-state index in [4.69, 9.17) is 5.73 Å². The molecule has 2 aromatic rings. The Labute approximate surface area is 151 Å². The number of primary amides is 1. The minimum Gasteiger partial charge on any atom is -0.365 e. The second-order valence-corrected chi connectivity index (χ2v) is 7.09. The highest BCUT2D eigenvalue weighted by Gasteiger charge is 2.44. The number of nitrogens with one attached hydrogen (secondary N) is 2. The Hall–Kier alpha value is -2.96. The molecule has 4 N–H and O–H groups in total. The van der Waals surface area contributed by atoms with Gasteiger partial charge in [0.1, 0.15) is 17.7 Å². The molecule has 0 unspecified atom stereocenters. The Morgan fingerprint density at radius 1 is 1.27 bits per heavy atom. The lowest BCUT2D eigenvalue weighted by Gasteiger charge is -2.34. The van der Waals surface area contributed by atoms with Crippen molar-refractivity contribution in [3.05, 3.63) is 46.9 Å². The van der Waals surface area contributed by atoms with Gasteiger partial charge in [-0.25, -0.2) is 9.97 Å². The molecule has 0 radical (unpaired) electrons. The van der Waals surface area contributed by atoms with Crippen LogP contribution in [0.25, 0.3) is 0 Å². The largest absolute Gasteiger partial charge is 0.365 e. The van der Waals surface area contributed by atoms with Crippen molar-refractivity contribution in [3.8, 4) is 0 Å². The van der Waals surface area contributed by atoms with Gasteiger partial charge < -0.3 is 16.4 Å². The Morgan fingerprint density at radius 2 is 2.04 bits per heavy atom. The molecule has 7 nitrogen and oxygen atoms in total. The van der Waals surface area contributed by atoms with E-state index in [1.54, 1.807) is 0 Å². The van der Waals surface area contributed by atoms with Crippen molar-refractivity contribution >= 4 is 23.3 Å². The van der Waals surface area contributed by atoms with Gasteiger partial charge in [-0.15, -0.1) is 0 Å². The van der Waals surface area contributed by atoms with E-state index in [1.807, 2.05) is 19.1 Å². The Morgan fingerprint density at radius 3 is 2.77 bits per heavy atom. The van der Waals surface area contributed by atoms with Gasteiger partial charge in [-0.05, 0) is 43.0 Å². The second-order valence-electron chi connectivity index (χ2n) is 7.09. The van der Waals surface area contributed by atoms with Gasteiger partial charge in [-0.3, -0.25) is 9.59 Å². The van der Waals surface area contributed by atoms with Crippen LogP contribution in [0.5, 0.6) is 0 Å². The third kappa shape index (κ3) is 2.60. The zero-order valence-corrected chi connectivity index (χ0v) is 14.6. The van der Waals surface area contributed by atoms with Crippen LogP contribution in [0.2, 0.25) is 0 Å². The summed E-state index contributed by atoms with van der Waals surface area (Å²) in [5, 5.41) is 6.40. The summed E-state index contributed by atoms with van der Waals surface area (Å²) >= 11 is 0. The van der Waals surface area contributed by atoms with Crippen molar-refractivity contribution in [2.75, 3.05) is 5.32 Å². The topological polar surface area (TPSA) is 110 Å². The van der Waals surface area contributed by atoms with Crippen LogP contribution in [-0.4, -0.2) is 21.8 Å². The first-order valence-electron chi connectivity index (χ1n) is 8.85. The van der Waals surface area contributed by atoms with Crippen LogP contribution in [-0.2, 0) is 5.54 Å². The molecule has 0 atom stereocenters. The minimum absolute atomic E-state index is 0.00538. The quantitative estimate of drug-likeness (QED) is 0.787. The number of benzene rings is 1. The molecule has 0 saturated heterocycles. The fraction of sp³-hybridized carbons (Fsp3) is 0.368. The van der Waals surface area contributed by atoms with Crippen LogP contribution >= 0.6 is 0 Å². The van der Waals surface area contributed by atoms with E-state index in [0.29, 0.717) is 5.82 Å². The van der Waals surface area contributed by atoms with E-state index in [0.717, 1.165) is 48.1 Å². The van der Waals surface area contributed by atoms with Crippen LogP contribution in [0.4, 0.5) is 11.5 Å². The Bertz CT molecular complexity index is 903. The van der Waals surface area contributed by atoms with Gasteiger partial charge in [0, 0.05) is 17.4 Å². The molecule has 1 spiro atoms. The number of fused-ring (bicyclic) bond motifs is 2. The van der Waals surface area contributed by atoms with E-state index < -0.39 is 5.91 Å². The van der Waals surface area contributed by atoms with Gasteiger partial charge in [0.15, 0.2) is 0 Å². The van der Waals surface area contributed by atoms with Crippen LogP contribution < -0.4 is 16.4 Å². The highest BCUT2D eigenvalue weighted by Crippen LogP contribution is 2.44. The average Bonchev–Trinajstić information content (AvgIpc) is 2.88. The first-order valence-corrected chi connectivity index (χ1v) is 8.85. The third-order valence-electron chi connectivity index (χ3n) is 5.38. The Kier molecular flexibility index (Phi) is 3.86. The SMILES string of the molecule is Cc1cc(Nc2ncncc2C(N)=O)cc2c1C(=O)NC21CCCCC1. The molecule has 2 aliphatic rings. The van der Waals surface area contributed by atoms with Gasteiger partial charge in [-0.1, -0.05) is 19.3 Å². The summed E-state index contributed by atoms with van der Waals surface area (Å²) in [6, 6.07) is 3.89. The van der Waals surface area contributed by atoms with E-state index in [1.165, 1.54) is 18.9 Å². The number of anilines is 2. The van der Waals surface area contributed by atoms with Crippen LogP contribution in [0.1, 0.15) is 63.9 Å². The summed E-state index contributed by atoms with van der Waals surface area (Å²) < 4.78 is 0. The monoisotopic (exact) mass is 351 g/mol. The third-order valence-corrected chi connectivity index (χ3v) is 5.38. The molecule has 26 heavy (non-hydrogen) atoms. The first kappa shape index (κ1) is 16.5. The standard InChI is InChI=1S/C19H21N5O2/c1-11-7-12(23-17-13(16(20)25)9-21-10-22-17)8-14-15(11)18(26)24-19(14)5-3-2-4-6-19/h7-10H,2-6H2,1H3,(H2,20,25)(H,24,26)(H,21,22,23). The Balaban J connectivity index is 1.77. The lowest BCUT2D eigenvalue weighted by Crippen LogP contribution is -2.40. The van der Waals surface area contributed by atoms with Crippen molar-refractivity contribution in [2.45, 2.75) is 44.6 Å². The maximum absolute atomic E-state index is 12.6. The van der Waals surface area contributed by atoms with Crippen LogP contribution in [0.15, 0.2) is 24.7 Å². The van der Waals surface area contributed by atoms with E-state index >= 15 is 0 Å². The predicted octanol–water partition coefficient (Wildman–Crippen LogP) is 2.53. The molecule has 1 aliphatic heterocycles. The molecule has 1 aliphatic carbocycles. The number of nitrogens with zero attached hydrogens (tertiary/aromatic N) is 2. The normalized spacial score (nSPS) is 17.7. The summed E-state index contributed by atoms with van der Waals surface area (Å²) in [5.41, 5.74) is 8.86. The summed E-state index contributed by atoms with van der Waals surface area (Å²) in [7, 11) is 0. The van der Waals surface area contributed by atoms with Gasteiger partial charge in [0.25, 0.3) is 11.8 Å². The van der Waals surface area contributed by atoms with Gasteiger partial charge >= 0.3 is 0 Å². The van der Waals surface area contributed by atoms with Crippen molar-refractivity contribution in [3.63, 3.8) is 0 Å². The van der Waals surface area contributed by atoms with E-state index in [9.17, 15) is 9.59 Å². The molecular weight excluding hydrogens is 330 g/mol. The van der Waals surface area contributed by atoms with Gasteiger partial charge in [0.2, 0.25) is 0 Å². The lowest BCUT2D eigenvalue weighted by atomic mass is 9.77. The molecule has 2 heterocycles. The highest BCUT2D eigenvalue weighted by molar-refractivity contribution is 6.02. The number of rotatable bonds is 3. The summed E-state index contributed by atoms with van der Waals surface area (Å²) in [6.45, 7) is 1.93. The molecule has 1 saturated carbocycles. The molecule has 1 aromatic heterocycles. The van der Waals surface area contributed by atoms with E-state index in [-0.39, 0.29) is 17.0 Å². The van der Waals surface area contributed by atoms with Crippen molar-refractivity contribution in [1.29, 1.82) is 0 Å². The fourth-order valence-electron chi connectivity index (χ4n) is 4.18. The summed E-state index contributed by atoms with van der Waals surface area (Å²) in [6.07, 6.45) is 8.08. The number of aromatic nitrogens is 2. The van der Waals surface area contributed by atoms with Crippen molar-refractivity contribution < 1.29 is 9.59 Å². The maximum Gasteiger partial charge on any atom is 0.254 e. The minimum atomic E-state index is -0.591. The zero-order valence-electron chi connectivity index (χ0n) is 14.6. The second kappa shape index (κ2) is 6.09. The number of aryl methyl sites for hydroxylation is 1. The first-order chi connectivity index (χ1) is 12.5. The summed E-state index contributed by atoms with van der Waals surface area (Å²) in [4.78, 5) is 32.1. The van der Waals surface area contributed by atoms with Gasteiger partial charge in [0.05, 0.1) is 5.54 Å². The molecule has 2 amide bonds. The lowest BCUT2D eigenvalue weighted by molar-refractivity contribution is 0.0908. The maximum atomic E-state index is 12.6. The molecular formula is C19H21N5O2. The smallest absolute Gasteiger partial charge is 0.254 e. The average molecular weight is 351 g/mol. The number of carbonyl (C=O) groups excluding carboxylic acids is 2. The predicted molar refractivity (Wildman–Crippen MR) is 97.2 cm³/mol. The van der Waals surface area contributed by atoms with Crippen molar-refractivity contribution in [1.82, 2.24) is 15.3 Å². The fourth-order valence-corrected chi connectivity index (χ4v) is 4.18. The zero-order chi connectivity index (χ0) is 18.3. The molecule has 1 aromatic carbocycles. The summed E-state index contributed by atoms with van der Waals surface area (Å²) in [5.74, 6) is -0.223. The number of hydrogen-bond donors (Lipinski definition) is 3. The number of hydrogen-bond acceptors (Lipinski definition) is 5. The molecule has 7 heteroatoms.